The molecule has 1 aliphatic rings. The van der Waals surface area contributed by atoms with Crippen LogP contribution in [0.2, 0.25) is 0 Å². The van der Waals surface area contributed by atoms with Crippen LogP contribution in [-0.4, -0.2) is 29.8 Å². The van der Waals surface area contributed by atoms with Crippen LogP contribution in [0.3, 0.4) is 0 Å². The molecule has 4 nitrogen and oxygen atoms in total. The van der Waals surface area contributed by atoms with Gasteiger partial charge in [-0.3, -0.25) is 0 Å². The molecule has 0 spiro atoms. The van der Waals surface area contributed by atoms with E-state index in [4.69, 9.17) is 4.74 Å². The van der Waals surface area contributed by atoms with E-state index in [1.807, 2.05) is 19.9 Å². The van der Waals surface area contributed by atoms with Crippen LogP contribution in [-0.2, 0) is 9.53 Å². The van der Waals surface area contributed by atoms with Crippen molar-refractivity contribution in [3.8, 4) is 5.75 Å². The molecule has 2 rings (SSSR count). The third-order valence-corrected chi connectivity index (χ3v) is 3.97. The number of esters is 1. The lowest BCUT2D eigenvalue weighted by atomic mass is 9.83. The van der Waals surface area contributed by atoms with Crippen LogP contribution >= 0.6 is 0 Å². The first-order valence-corrected chi connectivity index (χ1v) is 7.38. The maximum Gasteiger partial charge on any atom is 0.331 e. The summed E-state index contributed by atoms with van der Waals surface area (Å²) in [4.78, 5) is 12.0. The largest absolute Gasteiger partial charge is 0.508 e. The van der Waals surface area contributed by atoms with Crippen molar-refractivity contribution in [1.29, 1.82) is 0 Å². The van der Waals surface area contributed by atoms with Gasteiger partial charge in [0.05, 0.1) is 0 Å². The van der Waals surface area contributed by atoms with Crippen LogP contribution in [0.1, 0.15) is 32.3 Å². The first-order chi connectivity index (χ1) is 9.97. The number of hydrogen-bond donors (Lipinski definition) is 2. The van der Waals surface area contributed by atoms with Crippen LogP contribution in [0.15, 0.2) is 30.3 Å². The van der Waals surface area contributed by atoms with Gasteiger partial charge in [-0.15, -0.1) is 0 Å². The Bertz CT molecular complexity index is 517. The van der Waals surface area contributed by atoms with Gasteiger partial charge in [-0.25, -0.2) is 4.79 Å². The van der Waals surface area contributed by atoms with E-state index in [0.717, 1.165) is 31.5 Å². The second-order valence-corrected chi connectivity index (χ2v) is 5.98. The van der Waals surface area contributed by atoms with E-state index in [1.54, 1.807) is 24.3 Å². The van der Waals surface area contributed by atoms with Crippen LogP contribution in [0.25, 0.3) is 6.08 Å². The molecule has 1 saturated heterocycles. The summed E-state index contributed by atoms with van der Waals surface area (Å²) >= 11 is 0. The van der Waals surface area contributed by atoms with Crippen molar-refractivity contribution in [3.63, 3.8) is 0 Å². The van der Waals surface area contributed by atoms with E-state index in [-0.39, 0.29) is 11.7 Å². The van der Waals surface area contributed by atoms with Crippen molar-refractivity contribution in [2.45, 2.75) is 32.3 Å². The molecule has 0 saturated carbocycles. The number of aromatic hydroxyl groups is 1. The third-order valence-electron chi connectivity index (χ3n) is 3.97. The first kappa shape index (κ1) is 15.6. The number of carbonyl (C=O) groups is 1. The molecule has 1 fully saturated rings. The zero-order valence-electron chi connectivity index (χ0n) is 12.6. The normalized spacial score (nSPS) is 17.0. The topological polar surface area (TPSA) is 58.6 Å². The van der Waals surface area contributed by atoms with Gasteiger partial charge in [-0.2, -0.15) is 0 Å². The zero-order chi connectivity index (χ0) is 15.3. The van der Waals surface area contributed by atoms with Crippen LogP contribution in [0, 0.1) is 5.92 Å². The zero-order valence-corrected chi connectivity index (χ0v) is 12.6. The van der Waals surface area contributed by atoms with Crippen LogP contribution in [0.5, 0.6) is 5.75 Å². The number of hydrogen-bond acceptors (Lipinski definition) is 4. The van der Waals surface area contributed by atoms with Gasteiger partial charge in [-0.05, 0) is 63.6 Å². The summed E-state index contributed by atoms with van der Waals surface area (Å²) in [7, 11) is 0. The fourth-order valence-corrected chi connectivity index (χ4v) is 2.69. The highest BCUT2D eigenvalue weighted by Crippen LogP contribution is 2.29. The molecule has 1 heterocycles. The van der Waals surface area contributed by atoms with Crippen molar-refractivity contribution in [2.24, 2.45) is 5.92 Å². The average Bonchev–Trinajstić information content (AvgIpc) is 2.46. The standard InChI is InChI=1S/C17H23NO3/c1-17(2,14-8-10-18-11-9-14)21-16(20)7-6-13-4-3-5-15(19)12-13/h3-7,12,14,18-19H,8-11H2,1-2H3/b7-6+. The molecule has 1 aromatic carbocycles. The SMILES string of the molecule is CC(C)(OC(=O)/C=C/c1cccc(O)c1)C1CCNCC1. The predicted octanol–water partition coefficient (Wildman–Crippen LogP) is 2.73. The summed E-state index contributed by atoms with van der Waals surface area (Å²) in [5.41, 5.74) is 0.314. The van der Waals surface area contributed by atoms with Gasteiger partial charge >= 0.3 is 5.97 Å². The molecule has 1 aliphatic heterocycles. The maximum absolute atomic E-state index is 12.0. The fourth-order valence-electron chi connectivity index (χ4n) is 2.69. The molecule has 114 valence electrons. The van der Waals surface area contributed by atoms with Gasteiger partial charge < -0.3 is 15.2 Å². The molecule has 4 heteroatoms. The molecule has 0 unspecified atom stereocenters. The summed E-state index contributed by atoms with van der Waals surface area (Å²) < 4.78 is 5.61. The molecule has 0 amide bonds. The van der Waals surface area contributed by atoms with Gasteiger partial charge in [0.2, 0.25) is 0 Å². The number of rotatable bonds is 4. The molecule has 0 radical (unpaired) electrons. The van der Waals surface area contributed by atoms with Gasteiger partial charge in [0.15, 0.2) is 0 Å². The number of phenols is 1. The van der Waals surface area contributed by atoms with Gasteiger partial charge in [0, 0.05) is 12.0 Å². The quantitative estimate of drug-likeness (QED) is 0.661. The van der Waals surface area contributed by atoms with Crippen LogP contribution in [0.4, 0.5) is 0 Å². The molecule has 0 bridgehead atoms. The summed E-state index contributed by atoms with van der Waals surface area (Å²) in [6.07, 6.45) is 5.12. The Morgan fingerprint density at radius 1 is 1.38 bits per heavy atom. The Hall–Kier alpha value is -1.81. The van der Waals surface area contributed by atoms with Crippen molar-refractivity contribution in [2.75, 3.05) is 13.1 Å². The molecule has 0 aliphatic carbocycles. The lowest BCUT2D eigenvalue weighted by molar-refractivity contribution is -0.156. The van der Waals surface area contributed by atoms with Crippen molar-refractivity contribution < 1.29 is 14.6 Å². The molecule has 0 aromatic heterocycles. The Balaban J connectivity index is 1.94. The third kappa shape index (κ3) is 4.60. The minimum atomic E-state index is -0.456. The number of phenolic OH excluding ortho intramolecular Hbond substituents is 1. The number of piperidine rings is 1. The minimum absolute atomic E-state index is 0.181. The molecule has 2 N–H and O–H groups in total. The van der Waals surface area contributed by atoms with E-state index in [1.165, 1.54) is 6.08 Å². The van der Waals surface area contributed by atoms with Gasteiger partial charge in [-0.1, -0.05) is 12.1 Å². The summed E-state index contributed by atoms with van der Waals surface area (Å²) in [5, 5.41) is 12.7. The maximum atomic E-state index is 12.0. The Morgan fingerprint density at radius 3 is 2.76 bits per heavy atom. The predicted molar refractivity (Wildman–Crippen MR) is 82.9 cm³/mol. The molecular formula is C17H23NO3. The molecule has 21 heavy (non-hydrogen) atoms. The summed E-state index contributed by atoms with van der Waals surface area (Å²) in [6.45, 7) is 5.90. The average molecular weight is 289 g/mol. The monoisotopic (exact) mass is 289 g/mol. The second kappa shape index (κ2) is 6.76. The lowest BCUT2D eigenvalue weighted by Crippen LogP contribution is -2.42. The van der Waals surface area contributed by atoms with E-state index < -0.39 is 5.60 Å². The van der Waals surface area contributed by atoms with E-state index in [0.29, 0.717) is 5.92 Å². The summed E-state index contributed by atoms with van der Waals surface area (Å²) in [6, 6.07) is 6.75. The Labute approximate surface area is 125 Å². The highest BCUT2D eigenvalue weighted by Gasteiger charge is 2.33. The fraction of sp³-hybridized carbons (Fsp3) is 0.471. The van der Waals surface area contributed by atoms with Crippen LogP contribution < -0.4 is 5.32 Å². The second-order valence-electron chi connectivity index (χ2n) is 5.98. The first-order valence-electron chi connectivity index (χ1n) is 7.38. The van der Waals surface area contributed by atoms with E-state index >= 15 is 0 Å². The summed E-state index contributed by atoms with van der Waals surface area (Å²) in [5.74, 6) is 0.222. The van der Waals surface area contributed by atoms with E-state index in [9.17, 15) is 9.90 Å². The number of ether oxygens (including phenoxy) is 1. The highest BCUT2D eigenvalue weighted by atomic mass is 16.6. The molecular weight excluding hydrogens is 266 g/mol. The smallest absolute Gasteiger partial charge is 0.331 e. The van der Waals surface area contributed by atoms with Crippen molar-refractivity contribution in [1.82, 2.24) is 5.32 Å². The number of benzene rings is 1. The van der Waals surface area contributed by atoms with Crippen molar-refractivity contribution in [3.05, 3.63) is 35.9 Å². The van der Waals surface area contributed by atoms with Gasteiger partial charge in [0.1, 0.15) is 11.4 Å². The Kier molecular flexibility index (Phi) is 5.02. The highest BCUT2D eigenvalue weighted by molar-refractivity contribution is 5.87. The van der Waals surface area contributed by atoms with Crippen molar-refractivity contribution >= 4 is 12.0 Å². The minimum Gasteiger partial charge on any atom is -0.508 e. The Morgan fingerprint density at radius 2 is 2.10 bits per heavy atom. The molecule has 1 aromatic rings. The van der Waals surface area contributed by atoms with Gasteiger partial charge in [0.25, 0.3) is 0 Å². The number of nitrogens with one attached hydrogen (secondary N) is 1. The molecule has 0 atom stereocenters. The van der Waals surface area contributed by atoms with E-state index in [2.05, 4.69) is 5.32 Å². The number of carbonyl (C=O) groups excluding carboxylic acids is 1. The lowest BCUT2D eigenvalue weighted by Gasteiger charge is -2.36.